The van der Waals surface area contributed by atoms with Gasteiger partial charge in [0, 0.05) is 12.0 Å². The summed E-state index contributed by atoms with van der Waals surface area (Å²) in [6.07, 6.45) is 5.42. The molecule has 0 amide bonds. The molecule has 0 fully saturated rings. The summed E-state index contributed by atoms with van der Waals surface area (Å²) in [6, 6.07) is 4.11. The lowest BCUT2D eigenvalue weighted by Gasteiger charge is -2.11. The van der Waals surface area contributed by atoms with Gasteiger partial charge in [-0.3, -0.25) is 4.79 Å². The molecule has 0 aliphatic carbocycles. The molecule has 0 heterocycles. The molecule has 0 saturated heterocycles. The van der Waals surface area contributed by atoms with Gasteiger partial charge in [0.25, 0.3) is 0 Å². The number of phenolic OH excluding ortho intramolecular Hbond substituents is 2. The molecular formula is C15H22O3. The Morgan fingerprint density at radius 1 is 1.22 bits per heavy atom. The molecule has 1 atom stereocenters. The summed E-state index contributed by atoms with van der Waals surface area (Å²) in [7, 11) is 0. The first-order chi connectivity index (χ1) is 8.56. The van der Waals surface area contributed by atoms with Crippen LogP contribution in [-0.2, 0) is 0 Å². The highest BCUT2D eigenvalue weighted by Crippen LogP contribution is 2.26. The molecule has 3 nitrogen and oxygen atoms in total. The van der Waals surface area contributed by atoms with E-state index in [1.807, 2.05) is 6.92 Å². The zero-order valence-corrected chi connectivity index (χ0v) is 11.1. The number of phenols is 2. The first-order valence-corrected chi connectivity index (χ1v) is 6.62. The number of hydrogen-bond donors (Lipinski definition) is 2. The molecule has 0 spiro atoms. The quantitative estimate of drug-likeness (QED) is 0.570. The SMILES string of the molecule is CCCCCC[C@H](C)C(=O)c1ccc(O)cc1O. The Hall–Kier alpha value is -1.51. The Bertz CT molecular complexity index is 399. The molecular weight excluding hydrogens is 228 g/mol. The number of carbonyl (C=O) groups excluding carboxylic acids is 1. The summed E-state index contributed by atoms with van der Waals surface area (Å²) < 4.78 is 0. The second kappa shape index (κ2) is 7.04. The van der Waals surface area contributed by atoms with Crippen LogP contribution < -0.4 is 0 Å². The topological polar surface area (TPSA) is 57.5 Å². The largest absolute Gasteiger partial charge is 0.508 e. The molecule has 2 N–H and O–H groups in total. The van der Waals surface area contributed by atoms with Crippen molar-refractivity contribution in [2.24, 2.45) is 5.92 Å². The van der Waals surface area contributed by atoms with E-state index >= 15 is 0 Å². The van der Waals surface area contributed by atoms with Crippen LogP contribution in [0.25, 0.3) is 0 Å². The molecule has 1 aromatic carbocycles. The van der Waals surface area contributed by atoms with Gasteiger partial charge in [-0.1, -0.05) is 39.5 Å². The molecule has 0 radical (unpaired) electrons. The minimum atomic E-state index is -0.139. The number of unbranched alkanes of at least 4 members (excludes halogenated alkanes) is 3. The zero-order valence-electron chi connectivity index (χ0n) is 11.1. The monoisotopic (exact) mass is 250 g/mol. The predicted octanol–water partition coefficient (Wildman–Crippen LogP) is 3.89. The molecule has 0 bridgehead atoms. The van der Waals surface area contributed by atoms with Gasteiger partial charge in [0.05, 0.1) is 5.56 Å². The normalized spacial score (nSPS) is 12.3. The van der Waals surface area contributed by atoms with Crippen LogP contribution in [0, 0.1) is 5.92 Å². The van der Waals surface area contributed by atoms with Gasteiger partial charge in [-0.15, -0.1) is 0 Å². The Morgan fingerprint density at radius 3 is 2.56 bits per heavy atom. The third kappa shape index (κ3) is 4.06. The van der Waals surface area contributed by atoms with Crippen molar-refractivity contribution in [3.05, 3.63) is 23.8 Å². The van der Waals surface area contributed by atoms with Gasteiger partial charge >= 0.3 is 0 Å². The third-order valence-corrected chi connectivity index (χ3v) is 3.19. The molecule has 0 aliphatic heterocycles. The van der Waals surface area contributed by atoms with Crippen molar-refractivity contribution in [2.75, 3.05) is 0 Å². The van der Waals surface area contributed by atoms with E-state index < -0.39 is 0 Å². The molecule has 0 aromatic heterocycles. The zero-order chi connectivity index (χ0) is 13.5. The molecule has 0 aliphatic rings. The molecule has 100 valence electrons. The smallest absolute Gasteiger partial charge is 0.169 e. The van der Waals surface area contributed by atoms with E-state index in [2.05, 4.69) is 6.92 Å². The van der Waals surface area contributed by atoms with Crippen molar-refractivity contribution in [1.82, 2.24) is 0 Å². The van der Waals surface area contributed by atoms with E-state index in [0.717, 1.165) is 19.3 Å². The van der Waals surface area contributed by atoms with Crippen molar-refractivity contribution in [3.8, 4) is 11.5 Å². The maximum absolute atomic E-state index is 12.1. The highest BCUT2D eigenvalue weighted by atomic mass is 16.3. The fourth-order valence-electron chi connectivity index (χ4n) is 2.00. The number of ketones is 1. The van der Waals surface area contributed by atoms with Gasteiger partial charge < -0.3 is 10.2 Å². The van der Waals surface area contributed by atoms with E-state index in [4.69, 9.17) is 0 Å². The number of hydrogen-bond acceptors (Lipinski definition) is 3. The van der Waals surface area contributed by atoms with E-state index in [1.54, 1.807) is 0 Å². The van der Waals surface area contributed by atoms with Gasteiger partial charge in [0.2, 0.25) is 0 Å². The number of benzene rings is 1. The van der Waals surface area contributed by atoms with Crippen LogP contribution in [-0.4, -0.2) is 16.0 Å². The van der Waals surface area contributed by atoms with Crippen LogP contribution in [0.1, 0.15) is 56.3 Å². The van der Waals surface area contributed by atoms with Gasteiger partial charge in [0.1, 0.15) is 11.5 Å². The van der Waals surface area contributed by atoms with Crippen LogP contribution in [0.15, 0.2) is 18.2 Å². The number of aromatic hydroxyl groups is 2. The third-order valence-electron chi connectivity index (χ3n) is 3.19. The van der Waals surface area contributed by atoms with Crippen LogP contribution in [0.3, 0.4) is 0 Å². The molecule has 3 heteroatoms. The minimum absolute atomic E-state index is 0.0281. The Kier molecular flexibility index (Phi) is 5.69. The Labute approximate surface area is 108 Å². The van der Waals surface area contributed by atoms with Gasteiger partial charge in [-0.05, 0) is 18.6 Å². The fraction of sp³-hybridized carbons (Fsp3) is 0.533. The van der Waals surface area contributed by atoms with E-state index in [0.29, 0.717) is 5.56 Å². The lowest BCUT2D eigenvalue weighted by atomic mass is 9.93. The highest BCUT2D eigenvalue weighted by Gasteiger charge is 2.18. The van der Waals surface area contributed by atoms with Crippen LogP contribution in [0.4, 0.5) is 0 Å². The summed E-state index contributed by atoms with van der Waals surface area (Å²) in [6.45, 7) is 4.05. The maximum Gasteiger partial charge on any atom is 0.169 e. The number of Topliss-reactive ketones (excluding diaryl/α,β-unsaturated/α-hetero) is 1. The van der Waals surface area contributed by atoms with Crippen LogP contribution in [0.5, 0.6) is 11.5 Å². The Morgan fingerprint density at radius 2 is 1.94 bits per heavy atom. The molecule has 0 unspecified atom stereocenters. The second-order valence-electron chi connectivity index (χ2n) is 4.82. The summed E-state index contributed by atoms with van der Waals surface area (Å²) in [5.74, 6) is -0.304. The van der Waals surface area contributed by atoms with Crippen molar-refractivity contribution in [2.45, 2.75) is 46.0 Å². The lowest BCUT2D eigenvalue weighted by Crippen LogP contribution is -2.11. The average Bonchev–Trinajstić information content (AvgIpc) is 2.33. The lowest BCUT2D eigenvalue weighted by molar-refractivity contribution is 0.0919. The summed E-state index contributed by atoms with van der Waals surface area (Å²) in [5, 5.41) is 18.8. The summed E-state index contributed by atoms with van der Waals surface area (Å²) >= 11 is 0. The number of rotatable bonds is 7. The van der Waals surface area contributed by atoms with Gasteiger partial charge in [-0.2, -0.15) is 0 Å². The van der Waals surface area contributed by atoms with Crippen molar-refractivity contribution in [1.29, 1.82) is 0 Å². The summed E-state index contributed by atoms with van der Waals surface area (Å²) in [5.41, 5.74) is 0.302. The first-order valence-electron chi connectivity index (χ1n) is 6.62. The number of carbonyl (C=O) groups is 1. The van der Waals surface area contributed by atoms with Crippen LogP contribution >= 0.6 is 0 Å². The first kappa shape index (κ1) is 14.6. The maximum atomic E-state index is 12.1. The van der Waals surface area contributed by atoms with E-state index in [1.165, 1.54) is 31.0 Å². The van der Waals surface area contributed by atoms with Crippen molar-refractivity contribution < 1.29 is 15.0 Å². The standard InChI is InChI=1S/C15H22O3/c1-3-4-5-6-7-11(2)15(18)13-9-8-12(16)10-14(13)17/h8-11,16-17H,3-7H2,1-2H3/t11-/m0/s1. The second-order valence-corrected chi connectivity index (χ2v) is 4.82. The molecule has 1 aromatic rings. The fourth-order valence-corrected chi connectivity index (χ4v) is 2.00. The van der Waals surface area contributed by atoms with E-state index in [-0.39, 0.29) is 23.2 Å². The molecule has 1 rings (SSSR count). The van der Waals surface area contributed by atoms with Crippen molar-refractivity contribution >= 4 is 5.78 Å². The van der Waals surface area contributed by atoms with Gasteiger partial charge in [0.15, 0.2) is 5.78 Å². The molecule has 18 heavy (non-hydrogen) atoms. The predicted molar refractivity (Wildman–Crippen MR) is 72.0 cm³/mol. The van der Waals surface area contributed by atoms with E-state index in [9.17, 15) is 15.0 Å². The minimum Gasteiger partial charge on any atom is -0.508 e. The average molecular weight is 250 g/mol. The Balaban J connectivity index is 2.57. The molecule has 0 saturated carbocycles. The summed E-state index contributed by atoms with van der Waals surface area (Å²) in [4.78, 5) is 12.1. The van der Waals surface area contributed by atoms with Crippen molar-refractivity contribution in [3.63, 3.8) is 0 Å². The van der Waals surface area contributed by atoms with Gasteiger partial charge in [-0.25, -0.2) is 0 Å². The highest BCUT2D eigenvalue weighted by molar-refractivity contribution is 6.00. The van der Waals surface area contributed by atoms with Crippen LogP contribution in [0.2, 0.25) is 0 Å².